The molecule has 2 aromatic rings. The highest BCUT2D eigenvalue weighted by molar-refractivity contribution is 7.89. The van der Waals surface area contributed by atoms with E-state index in [0.29, 0.717) is 6.61 Å². The second-order valence-electron chi connectivity index (χ2n) is 6.70. The van der Waals surface area contributed by atoms with Crippen LogP contribution in [0, 0.1) is 12.8 Å². The predicted octanol–water partition coefficient (Wildman–Crippen LogP) is 3.30. The third kappa shape index (κ3) is 4.12. The molecule has 1 heterocycles. The van der Waals surface area contributed by atoms with Gasteiger partial charge in [0.2, 0.25) is 5.91 Å². The molecule has 3 rings (SSSR count). The van der Waals surface area contributed by atoms with Gasteiger partial charge in [-0.15, -0.1) is 6.58 Å². The molecule has 0 N–H and O–H groups in total. The van der Waals surface area contributed by atoms with Crippen LogP contribution in [0.5, 0.6) is 0 Å². The van der Waals surface area contributed by atoms with Crippen molar-refractivity contribution in [1.82, 2.24) is 4.31 Å². The predicted molar refractivity (Wildman–Crippen MR) is 103 cm³/mol. The molecule has 1 fully saturated rings. The summed E-state index contributed by atoms with van der Waals surface area (Å²) in [6.45, 7) is 6.34. The highest BCUT2D eigenvalue weighted by atomic mass is 32.2. The zero-order valence-electron chi connectivity index (χ0n) is 15.2. The third-order valence-corrected chi connectivity index (χ3v) is 6.53. The first-order valence-electron chi connectivity index (χ1n) is 8.81. The molecule has 1 aliphatic rings. The number of hydrogen-bond donors (Lipinski definition) is 0. The molecule has 2 unspecified atom stereocenters. The number of rotatable bonds is 7. The number of benzene rings is 2. The Morgan fingerprint density at radius 1 is 1.15 bits per heavy atom. The van der Waals surface area contributed by atoms with E-state index >= 15 is 0 Å². The summed E-state index contributed by atoms with van der Waals surface area (Å²) in [5.74, 6) is -0.673. The normalized spacial score (nSPS) is 20.0. The third-order valence-electron chi connectivity index (χ3n) is 4.70. The van der Waals surface area contributed by atoms with Crippen molar-refractivity contribution in [1.29, 1.82) is 0 Å². The Kier molecular flexibility index (Phi) is 5.77. The van der Waals surface area contributed by atoms with Gasteiger partial charge in [-0.3, -0.25) is 4.79 Å². The van der Waals surface area contributed by atoms with Crippen LogP contribution in [0.4, 0.5) is 0 Å². The Hall–Kier alpha value is -2.44. The zero-order chi connectivity index (χ0) is 19.4. The molecule has 1 aliphatic heterocycles. The lowest BCUT2D eigenvalue weighted by atomic mass is 10.0. The first-order chi connectivity index (χ1) is 12.9. The Balaban J connectivity index is 1.74. The summed E-state index contributed by atoms with van der Waals surface area (Å²) in [6, 6.07) is 15.6. The second-order valence-corrected chi connectivity index (χ2v) is 8.51. The van der Waals surface area contributed by atoms with Gasteiger partial charge in [0.15, 0.2) is 0 Å². The molecule has 6 heteroatoms. The summed E-state index contributed by atoms with van der Waals surface area (Å²) in [7, 11) is -3.92. The fraction of sp³-hybridized carbons (Fsp3) is 0.286. The number of nitrogens with zero attached hydrogens (tertiary/aromatic N) is 1. The SMILES string of the molecule is C=CC1C(COCc2ccccc2)CC(=O)N1S(=O)(=O)c1ccc(C)cc1. The standard InChI is InChI=1S/C21H23NO4S/c1-3-20-18(15-26-14-17-7-5-4-6-8-17)13-21(23)22(20)27(24,25)19-11-9-16(2)10-12-19/h3-12,18,20H,1,13-15H2,2H3. The van der Waals surface area contributed by atoms with Gasteiger partial charge in [0, 0.05) is 12.3 Å². The maximum Gasteiger partial charge on any atom is 0.267 e. The van der Waals surface area contributed by atoms with E-state index in [4.69, 9.17) is 4.74 Å². The van der Waals surface area contributed by atoms with E-state index in [-0.39, 0.29) is 23.8 Å². The van der Waals surface area contributed by atoms with Crippen LogP contribution in [-0.4, -0.2) is 31.3 Å². The van der Waals surface area contributed by atoms with Crippen molar-refractivity contribution >= 4 is 15.9 Å². The lowest BCUT2D eigenvalue weighted by molar-refractivity contribution is -0.124. The van der Waals surface area contributed by atoms with Crippen molar-refractivity contribution in [2.45, 2.75) is 30.9 Å². The number of aryl methyl sites for hydroxylation is 1. The minimum atomic E-state index is -3.92. The van der Waals surface area contributed by atoms with E-state index in [1.807, 2.05) is 37.3 Å². The average Bonchev–Trinajstić information content (AvgIpc) is 2.99. The van der Waals surface area contributed by atoms with Gasteiger partial charge in [-0.1, -0.05) is 54.1 Å². The molecule has 0 bridgehead atoms. The molecule has 2 atom stereocenters. The fourth-order valence-corrected chi connectivity index (χ4v) is 4.89. The molecule has 2 aromatic carbocycles. The number of carbonyl (C=O) groups excluding carboxylic acids is 1. The molecule has 142 valence electrons. The maximum absolute atomic E-state index is 13.0. The van der Waals surface area contributed by atoms with E-state index in [0.717, 1.165) is 15.4 Å². The molecular formula is C21H23NO4S. The van der Waals surface area contributed by atoms with Gasteiger partial charge in [-0.25, -0.2) is 12.7 Å². The van der Waals surface area contributed by atoms with Crippen molar-refractivity contribution in [2.24, 2.45) is 5.92 Å². The molecular weight excluding hydrogens is 362 g/mol. The lowest BCUT2D eigenvalue weighted by Crippen LogP contribution is -2.39. The van der Waals surface area contributed by atoms with Gasteiger partial charge in [-0.2, -0.15) is 0 Å². The number of ether oxygens (including phenoxy) is 1. The van der Waals surface area contributed by atoms with Crippen molar-refractivity contribution in [3.8, 4) is 0 Å². The second kappa shape index (κ2) is 8.06. The molecule has 0 saturated carbocycles. The molecule has 0 spiro atoms. The van der Waals surface area contributed by atoms with E-state index in [2.05, 4.69) is 6.58 Å². The average molecular weight is 385 g/mol. The molecule has 0 radical (unpaired) electrons. The van der Waals surface area contributed by atoms with Crippen LogP contribution in [0.15, 0.2) is 72.1 Å². The Morgan fingerprint density at radius 2 is 1.81 bits per heavy atom. The highest BCUT2D eigenvalue weighted by Crippen LogP contribution is 2.32. The molecule has 5 nitrogen and oxygen atoms in total. The topological polar surface area (TPSA) is 63.7 Å². The summed E-state index contributed by atoms with van der Waals surface area (Å²) >= 11 is 0. The first kappa shape index (κ1) is 19.3. The zero-order valence-corrected chi connectivity index (χ0v) is 16.1. The summed E-state index contributed by atoms with van der Waals surface area (Å²) < 4.78 is 32.7. The van der Waals surface area contributed by atoms with Crippen molar-refractivity contribution in [2.75, 3.05) is 6.61 Å². The van der Waals surface area contributed by atoms with Crippen LogP contribution in [0.25, 0.3) is 0 Å². The van der Waals surface area contributed by atoms with Gasteiger partial charge in [0.1, 0.15) is 0 Å². The minimum Gasteiger partial charge on any atom is -0.376 e. The first-order valence-corrected chi connectivity index (χ1v) is 10.3. The number of sulfonamides is 1. The quantitative estimate of drug-likeness (QED) is 0.686. The van der Waals surface area contributed by atoms with Crippen LogP contribution < -0.4 is 0 Å². The van der Waals surface area contributed by atoms with E-state index < -0.39 is 22.0 Å². The van der Waals surface area contributed by atoms with Gasteiger partial charge in [-0.05, 0) is 24.6 Å². The summed E-state index contributed by atoms with van der Waals surface area (Å²) in [5, 5.41) is 0. The van der Waals surface area contributed by atoms with E-state index in [1.165, 1.54) is 18.2 Å². The van der Waals surface area contributed by atoms with Gasteiger partial charge < -0.3 is 4.74 Å². The van der Waals surface area contributed by atoms with E-state index in [1.54, 1.807) is 12.1 Å². The largest absolute Gasteiger partial charge is 0.376 e. The summed E-state index contributed by atoms with van der Waals surface area (Å²) in [4.78, 5) is 12.6. The fourth-order valence-electron chi connectivity index (χ4n) is 3.26. The van der Waals surface area contributed by atoms with Crippen LogP contribution in [0.2, 0.25) is 0 Å². The smallest absolute Gasteiger partial charge is 0.267 e. The van der Waals surface area contributed by atoms with Crippen LogP contribution in [0.1, 0.15) is 17.5 Å². The van der Waals surface area contributed by atoms with Gasteiger partial charge in [0.05, 0.1) is 24.2 Å². The maximum atomic E-state index is 13.0. The van der Waals surface area contributed by atoms with Gasteiger partial charge in [0.25, 0.3) is 10.0 Å². The number of amides is 1. The monoisotopic (exact) mass is 385 g/mol. The molecule has 0 aliphatic carbocycles. The molecule has 1 amide bonds. The molecule has 0 aromatic heterocycles. The Morgan fingerprint density at radius 3 is 2.44 bits per heavy atom. The number of hydrogen-bond acceptors (Lipinski definition) is 4. The Labute approximate surface area is 160 Å². The molecule has 1 saturated heterocycles. The number of carbonyl (C=O) groups is 1. The molecule has 27 heavy (non-hydrogen) atoms. The van der Waals surface area contributed by atoms with Crippen molar-refractivity contribution in [3.63, 3.8) is 0 Å². The van der Waals surface area contributed by atoms with E-state index in [9.17, 15) is 13.2 Å². The summed E-state index contributed by atoms with van der Waals surface area (Å²) in [6.07, 6.45) is 1.64. The minimum absolute atomic E-state index is 0.110. The Bertz CT molecular complexity index is 907. The van der Waals surface area contributed by atoms with Gasteiger partial charge >= 0.3 is 0 Å². The van der Waals surface area contributed by atoms with Crippen LogP contribution >= 0.6 is 0 Å². The summed E-state index contributed by atoms with van der Waals surface area (Å²) in [5.41, 5.74) is 1.98. The highest BCUT2D eigenvalue weighted by Gasteiger charge is 2.45. The van der Waals surface area contributed by atoms with Crippen molar-refractivity contribution in [3.05, 3.63) is 78.4 Å². The van der Waals surface area contributed by atoms with Crippen LogP contribution in [0.3, 0.4) is 0 Å². The van der Waals surface area contributed by atoms with Crippen LogP contribution in [-0.2, 0) is 26.2 Å². The van der Waals surface area contributed by atoms with Crippen molar-refractivity contribution < 1.29 is 17.9 Å². The lowest BCUT2D eigenvalue weighted by Gasteiger charge is -2.25.